The first-order chi connectivity index (χ1) is 9.62. The normalized spacial score (nSPS) is 10.3. The van der Waals surface area contributed by atoms with Crippen molar-refractivity contribution in [3.63, 3.8) is 0 Å². The van der Waals surface area contributed by atoms with E-state index in [1.807, 2.05) is 6.92 Å². The van der Waals surface area contributed by atoms with Gasteiger partial charge in [-0.1, -0.05) is 12.1 Å². The van der Waals surface area contributed by atoms with Gasteiger partial charge in [0, 0.05) is 12.0 Å². The molecule has 0 radical (unpaired) electrons. The summed E-state index contributed by atoms with van der Waals surface area (Å²) in [4.78, 5) is 11.4. The Morgan fingerprint density at radius 3 is 2.55 bits per heavy atom. The minimum absolute atomic E-state index is 0.0831. The van der Waals surface area contributed by atoms with Gasteiger partial charge < -0.3 is 19.1 Å². The van der Waals surface area contributed by atoms with E-state index in [0.29, 0.717) is 29.2 Å². The number of hydrogen-bond donors (Lipinski definition) is 1. The lowest BCUT2D eigenvalue weighted by molar-refractivity contribution is 0.0695. The fourth-order valence-corrected chi connectivity index (χ4v) is 1.97. The lowest BCUT2D eigenvalue weighted by Gasteiger charge is -2.08. The summed E-state index contributed by atoms with van der Waals surface area (Å²) in [5, 5.41) is 13.2. The van der Waals surface area contributed by atoms with E-state index in [1.165, 1.54) is 14.2 Å². The predicted molar refractivity (Wildman–Crippen MR) is 71.4 cm³/mol. The number of benzene rings is 1. The van der Waals surface area contributed by atoms with Crippen LogP contribution in [0.3, 0.4) is 0 Å². The Labute approximate surface area is 115 Å². The Bertz CT molecular complexity index is 632. The summed E-state index contributed by atoms with van der Waals surface area (Å²) in [6.07, 6.45) is 0.460. The first kappa shape index (κ1) is 13.9. The molecule has 0 saturated carbocycles. The number of aromatic nitrogens is 1. The van der Waals surface area contributed by atoms with Crippen molar-refractivity contribution in [2.75, 3.05) is 14.2 Å². The number of carbonyl (C=O) groups is 1. The van der Waals surface area contributed by atoms with Gasteiger partial charge >= 0.3 is 5.97 Å². The van der Waals surface area contributed by atoms with E-state index in [4.69, 9.17) is 14.0 Å². The molecule has 106 valence electrons. The van der Waals surface area contributed by atoms with Crippen molar-refractivity contribution < 1.29 is 23.9 Å². The molecule has 0 amide bonds. The highest BCUT2D eigenvalue weighted by Gasteiger charge is 2.23. The SMILES string of the molecule is CCc1onc(-c2ccc(OC)c(OC)c2)c1C(=O)O. The van der Waals surface area contributed by atoms with E-state index >= 15 is 0 Å². The van der Waals surface area contributed by atoms with E-state index in [2.05, 4.69) is 5.16 Å². The van der Waals surface area contributed by atoms with Crippen LogP contribution >= 0.6 is 0 Å². The molecular formula is C14H15NO5. The Morgan fingerprint density at radius 2 is 2.00 bits per heavy atom. The molecule has 0 unspecified atom stereocenters. The molecule has 0 atom stereocenters. The van der Waals surface area contributed by atoms with Crippen LogP contribution in [0.5, 0.6) is 11.5 Å². The number of methoxy groups -OCH3 is 2. The maximum absolute atomic E-state index is 11.4. The zero-order valence-corrected chi connectivity index (χ0v) is 11.5. The molecule has 1 aromatic heterocycles. The number of hydrogen-bond acceptors (Lipinski definition) is 5. The van der Waals surface area contributed by atoms with Crippen LogP contribution < -0.4 is 9.47 Å². The standard InChI is InChI=1S/C14H15NO5/c1-4-9-12(14(16)17)13(15-20-9)8-5-6-10(18-2)11(7-8)19-3/h5-7H,4H2,1-3H3,(H,16,17). The van der Waals surface area contributed by atoms with Crippen molar-refractivity contribution in [3.05, 3.63) is 29.5 Å². The number of nitrogens with zero attached hydrogens (tertiary/aromatic N) is 1. The second kappa shape index (κ2) is 5.64. The molecule has 1 heterocycles. The molecule has 0 bridgehead atoms. The summed E-state index contributed by atoms with van der Waals surface area (Å²) >= 11 is 0. The molecule has 0 aliphatic carbocycles. The predicted octanol–water partition coefficient (Wildman–Crippen LogP) is 2.62. The number of ether oxygens (including phenoxy) is 2. The number of carboxylic acids is 1. The molecule has 0 spiro atoms. The zero-order valence-electron chi connectivity index (χ0n) is 11.5. The van der Waals surface area contributed by atoms with E-state index in [1.54, 1.807) is 18.2 Å². The lowest BCUT2D eigenvalue weighted by Crippen LogP contribution is -2.01. The third-order valence-corrected chi connectivity index (χ3v) is 2.95. The number of aryl methyl sites for hydroxylation is 1. The van der Waals surface area contributed by atoms with Crippen molar-refractivity contribution in [2.45, 2.75) is 13.3 Å². The van der Waals surface area contributed by atoms with Gasteiger partial charge in [0.15, 0.2) is 17.3 Å². The smallest absolute Gasteiger partial charge is 0.341 e. The van der Waals surface area contributed by atoms with Crippen LogP contribution in [-0.4, -0.2) is 30.5 Å². The van der Waals surface area contributed by atoms with Gasteiger partial charge in [0.2, 0.25) is 0 Å². The molecule has 20 heavy (non-hydrogen) atoms. The maximum atomic E-state index is 11.4. The van der Waals surface area contributed by atoms with Crippen molar-refractivity contribution in [1.29, 1.82) is 0 Å². The fourth-order valence-electron chi connectivity index (χ4n) is 1.97. The molecule has 1 aromatic carbocycles. The third-order valence-electron chi connectivity index (χ3n) is 2.95. The average molecular weight is 277 g/mol. The molecular weight excluding hydrogens is 262 g/mol. The van der Waals surface area contributed by atoms with E-state index in [9.17, 15) is 9.90 Å². The molecule has 0 aliphatic heterocycles. The van der Waals surface area contributed by atoms with E-state index < -0.39 is 5.97 Å². The third kappa shape index (κ3) is 2.32. The van der Waals surface area contributed by atoms with Gasteiger partial charge in [-0.25, -0.2) is 4.79 Å². The molecule has 0 fully saturated rings. The topological polar surface area (TPSA) is 81.8 Å². The highest BCUT2D eigenvalue weighted by Crippen LogP contribution is 2.34. The Kier molecular flexibility index (Phi) is 3.93. The summed E-state index contributed by atoms with van der Waals surface area (Å²) in [6, 6.07) is 5.08. The summed E-state index contributed by atoms with van der Waals surface area (Å²) in [7, 11) is 3.05. The maximum Gasteiger partial charge on any atom is 0.341 e. The van der Waals surface area contributed by atoms with Crippen molar-refractivity contribution in [2.24, 2.45) is 0 Å². The highest BCUT2D eigenvalue weighted by atomic mass is 16.5. The van der Waals surface area contributed by atoms with Crippen LogP contribution in [0.15, 0.2) is 22.7 Å². The van der Waals surface area contributed by atoms with Gasteiger partial charge in [-0.2, -0.15) is 0 Å². The van der Waals surface area contributed by atoms with Gasteiger partial charge in [-0.3, -0.25) is 0 Å². The van der Waals surface area contributed by atoms with Gasteiger partial charge in [0.1, 0.15) is 11.3 Å². The van der Waals surface area contributed by atoms with Gasteiger partial charge in [0.25, 0.3) is 0 Å². The quantitative estimate of drug-likeness (QED) is 0.904. The Morgan fingerprint density at radius 1 is 1.30 bits per heavy atom. The minimum Gasteiger partial charge on any atom is -0.493 e. The molecule has 2 aromatic rings. The monoisotopic (exact) mass is 277 g/mol. The minimum atomic E-state index is -1.06. The van der Waals surface area contributed by atoms with Crippen LogP contribution in [0.4, 0.5) is 0 Å². The van der Waals surface area contributed by atoms with E-state index in [0.717, 1.165) is 0 Å². The van der Waals surface area contributed by atoms with Crippen molar-refractivity contribution >= 4 is 5.97 Å². The van der Waals surface area contributed by atoms with Crippen LogP contribution in [0, 0.1) is 0 Å². The highest BCUT2D eigenvalue weighted by molar-refractivity contribution is 5.96. The number of rotatable bonds is 5. The molecule has 0 aliphatic rings. The number of aromatic carboxylic acids is 1. The van der Waals surface area contributed by atoms with Gasteiger partial charge in [-0.15, -0.1) is 0 Å². The fraction of sp³-hybridized carbons (Fsp3) is 0.286. The van der Waals surface area contributed by atoms with Crippen LogP contribution in [0.2, 0.25) is 0 Å². The summed E-state index contributed by atoms with van der Waals surface area (Å²) in [6.45, 7) is 1.81. The summed E-state index contributed by atoms with van der Waals surface area (Å²) in [5.41, 5.74) is 0.971. The molecule has 1 N–H and O–H groups in total. The van der Waals surface area contributed by atoms with Crippen LogP contribution in [0.25, 0.3) is 11.3 Å². The van der Waals surface area contributed by atoms with Crippen LogP contribution in [0.1, 0.15) is 23.0 Å². The lowest BCUT2D eigenvalue weighted by atomic mass is 10.0. The summed E-state index contributed by atoms with van der Waals surface area (Å²) in [5.74, 6) is 0.352. The second-order valence-electron chi connectivity index (χ2n) is 4.06. The second-order valence-corrected chi connectivity index (χ2v) is 4.06. The largest absolute Gasteiger partial charge is 0.493 e. The number of carboxylic acid groups (broad SMARTS) is 1. The average Bonchev–Trinajstić information content (AvgIpc) is 2.90. The van der Waals surface area contributed by atoms with Crippen molar-refractivity contribution in [1.82, 2.24) is 5.16 Å². The zero-order chi connectivity index (χ0) is 14.7. The summed E-state index contributed by atoms with van der Waals surface area (Å²) < 4.78 is 15.4. The van der Waals surface area contributed by atoms with E-state index in [-0.39, 0.29) is 11.3 Å². The molecule has 2 rings (SSSR count). The van der Waals surface area contributed by atoms with Gasteiger partial charge in [-0.05, 0) is 18.2 Å². The first-order valence-electron chi connectivity index (χ1n) is 6.06. The Balaban J connectivity index is 2.57. The van der Waals surface area contributed by atoms with Gasteiger partial charge in [0.05, 0.1) is 14.2 Å². The molecule has 0 saturated heterocycles. The van der Waals surface area contributed by atoms with Crippen molar-refractivity contribution in [3.8, 4) is 22.8 Å². The first-order valence-corrected chi connectivity index (χ1v) is 6.06. The molecule has 6 heteroatoms. The Hall–Kier alpha value is -2.50. The molecule has 6 nitrogen and oxygen atoms in total. The van der Waals surface area contributed by atoms with Crippen LogP contribution in [-0.2, 0) is 6.42 Å².